The SMILES string of the molecule is CCS(=O)(O)(O)Cc1c(F)c(F)c(F)c(F)c1F. The molecule has 0 fully saturated rings. The van der Waals surface area contributed by atoms with Gasteiger partial charge in [0.1, 0.15) is 0 Å². The van der Waals surface area contributed by atoms with E-state index in [1.165, 1.54) is 0 Å². The van der Waals surface area contributed by atoms with Crippen LogP contribution in [-0.2, 0) is 15.4 Å². The monoisotopic (exact) mass is 292 g/mol. The molecule has 2 N–H and O–H groups in total. The summed E-state index contributed by atoms with van der Waals surface area (Å²) in [6, 6.07) is 0. The lowest BCUT2D eigenvalue weighted by molar-refractivity contribution is 0.363. The highest BCUT2D eigenvalue weighted by Crippen LogP contribution is 2.29. The molecule has 0 aromatic heterocycles. The molecule has 0 amide bonds. The van der Waals surface area contributed by atoms with E-state index < -0.39 is 55.8 Å². The summed E-state index contributed by atoms with van der Waals surface area (Å²) in [4.78, 5) is 0. The van der Waals surface area contributed by atoms with Crippen LogP contribution in [-0.4, -0.2) is 19.1 Å². The normalized spacial score (nSPS) is 14.3. The fourth-order valence-corrected chi connectivity index (χ4v) is 2.21. The molecule has 1 aromatic rings. The van der Waals surface area contributed by atoms with Crippen molar-refractivity contribution in [1.82, 2.24) is 0 Å². The Labute approximate surface area is 98.7 Å². The first kappa shape index (κ1) is 15.0. The predicted octanol–water partition coefficient (Wildman–Crippen LogP) is 2.67. The van der Waals surface area contributed by atoms with Crippen LogP contribution in [0.5, 0.6) is 0 Å². The summed E-state index contributed by atoms with van der Waals surface area (Å²) in [6.45, 7) is 1.03. The van der Waals surface area contributed by atoms with Crippen molar-refractivity contribution in [3.05, 3.63) is 34.6 Å². The molecule has 0 aliphatic rings. The zero-order valence-electron chi connectivity index (χ0n) is 9.01. The van der Waals surface area contributed by atoms with Crippen molar-refractivity contribution in [2.75, 3.05) is 5.75 Å². The van der Waals surface area contributed by atoms with Crippen LogP contribution in [0.15, 0.2) is 0 Å². The first-order valence-corrected chi connectivity index (χ1v) is 6.83. The summed E-state index contributed by atoms with van der Waals surface area (Å²) in [5, 5.41) is 0. The van der Waals surface area contributed by atoms with Crippen LogP contribution in [0.25, 0.3) is 0 Å². The van der Waals surface area contributed by atoms with Gasteiger partial charge >= 0.3 is 0 Å². The molecule has 0 saturated heterocycles. The van der Waals surface area contributed by atoms with E-state index >= 15 is 0 Å². The second kappa shape index (κ2) is 4.25. The third-order valence-corrected chi connectivity index (χ3v) is 4.34. The van der Waals surface area contributed by atoms with Crippen molar-refractivity contribution in [3.8, 4) is 0 Å². The van der Waals surface area contributed by atoms with Crippen LogP contribution in [0.2, 0.25) is 0 Å². The second-order valence-electron chi connectivity index (χ2n) is 3.67. The van der Waals surface area contributed by atoms with Gasteiger partial charge in [-0.25, -0.2) is 26.2 Å². The van der Waals surface area contributed by atoms with Crippen LogP contribution in [0.3, 0.4) is 0 Å². The fourth-order valence-electron chi connectivity index (χ4n) is 1.17. The minimum atomic E-state index is -5.45. The second-order valence-corrected chi connectivity index (χ2v) is 6.91. The number of hydrogen-bond acceptors (Lipinski definition) is 1. The lowest BCUT2D eigenvalue weighted by Gasteiger charge is -2.29. The Hall–Kier alpha value is -1.06. The lowest BCUT2D eigenvalue weighted by Crippen LogP contribution is -2.36. The van der Waals surface area contributed by atoms with E-state index in [0.29, 0.717) is 0 Å². The van der Waals surface area contributed by atoms with Crippen molar-refractivity contribution in [1.29, 1.82) is 0 Å². The summed E-state index contributed by atoms with van der Waals surface area (Å²) >= 11 is 0. The predicted molar refractivity (Wildman–Crippen MR) is 53.9 cm³/mol. The summed E-state index contributed by atoms with van der Waals surface area (Å²) in [5.41, 5.74) is -1.52. The third kappa shape index (κ3) is 2.68. The van der Waals surface area contributed by atoms with Crippen LogP contribution < -0.4 is 0 Å². The van der Waals surface area contributed by atoms with Gasteiger partial charge in [-0.3, -0.25) is 0 Å². The molecule has 18 heavy (non-hydrogen) atoms. The molecule has 0 saturated carbocycles. The Kier molecular flexibility index (Phi) is 3.54. The van der Waals surface area contributed by atoms with Gasteiger partial charge in [0.05, 0.1) is 15.4 Å². The molecule has 1 rings (SSSR count). The Morgan fingerprint density at radius 1 is 0.889 bits per heavy atom. The van der Waals surface area contributed by atoms with Crippen LogP contribution in [0.4, 0.5) is 22.0 Å². The number of rotatable bonds is 3. The van der Waals surface area contributed by atoms with Crippen molar-refractivity contribution in [2.24, 2.45) is 0 Å². The minimum absolute atomic E-state index is 0.809. The standard InChI is InChI=1S/C9H9F5O3S/c1-2-18(15,16,17)3-4-5(10)7(12)9(14)8(13)6(4)11/h2-3H2,1H3,(H2,15,16,17). The maximum absolute atomic E-state index is 13.2. The Morgan fingerprint density at radius 3 is 1.56 bits per heavy atom. The molecular formula is C9H9F5O3S. The van der Waals surface area contributed by atoms with Gasteiger partial charge in [0.25, 0.3) is 0 Å². The van der Waals surface area contributed by atoms with E-state index in [1.54, 1.807) is 0 Å². The van der Waals surface area contributed by atoms with Gasteiger partial charge in [-0.2, -0.15) is 0 Å². The number of halogens is 5. The van der Waals surface area contributed by atoms with E-state index in [-0.39, 0.29) is 0 Å². The van der Waals surface area contributed by atoms with Crippen LogP contribution >= 0.6 is 0 Å². The summed E-state index contributed by atoms with van der Waals surface area (Å²) in [5.74, 6) is -13.7. The van der Waals surface area contributed by atoms with Crippen LogP contribution in [0.1, 0.15) is 12.5 Å². The largest absolute Gasteiger partial charge is 0.307 e. The first-order valence-electron chi connectivity index (χ1n) is 4.61. The molecule has 0 heterocycles. The van der Waals surface area contributed by atoms with Crippen molar-refractivity contribution >= 4 is 9.63 Å². The molecule has 0 aliphatic heterocycles. The summed E-state index contributed by atoms with van der Waals surface area (Å²) in [7, 11) is -5.45. The molecule has 0 bridgehead atoms. The topological polar surface area (TPSA) is 57.5 Å². The highest BCUT2D eigenvalue weighted by Gasteiger charge is 2.34. The van der Waals surface area contributed by atoms with Gasteiger partial charge in [0.2, 0.25) is 5.82 Å². The van der Waals surface area contributed by atoms with E-state index in [1.807, 2.05) is 0 Å². The Morgan fingerprint density at radius 2 is 1.22 bits per heavy atom. The van der Waals surface area contributed by atoms with Crippen molar-refractivity contribution < 1.29 is 35.3 Å². The third-order valence-electron chi connectivity index (χ3n) is 2.32. The van der Waals surface area contributed by atoms with E-state index in [2.05, 4.69) is 0 Å². The highest BCUT2D eigenvalue weighted by atomic mass is 32.3. The van der Waals surface area contributed by atoms with Gasteiger partial charge in [-0.05, 0) is 0 Å². The average molecular weight is 292 g/mol. The molecule has 1 aromatic carbocycles. The zero-order chi connectivity index (χ0) is 14.3. The highest BCUT2D eigenvalue weighted by molar-refractivity contribution is 8.09. The van der Waals surface area contributed by atoms with Gasteiger partial charge in [-0.1, -0.05) is 6.92 Å². The molecular weight excluding hydrogens is 283 g/mol. The molecule has 0 unspecified atom stereocenters. The van der Waals surface area contributed by atoms with Crippen molar-refractivity contribution in [3.63, 3.8) is 0 Å². The smallest absolute Gasteiger partial charge is 0.200 e. The minimum Gasteiger partial charge on any atom is -0.307 e. The molecule has 9 heteroatoms. The molecule has 0 radical (unpaired) electrons. The van der Waals surface area contributed by atoms with E-state index in [0.717, 1.165) is 6.92 Å². The number of benzene rings is 1. The van der Waals surface area contributed by atoms with Gasteiger partial charge in [0.15, 0.2) is 23.3 Å². The van der Waals surface area contributed by atoms with Crippen molar-refractivity contribution in [2.45, 2.75) is 12.7 Å². The Bertz CT molecular complexity index is 537. The summed E-state index contributed by atoms with van der Waals surface area (Å²) < 4.78 is 94.4. The molecule has 104 valence electrons. The average Bonchev–Trinajstić information content (AvgIpc) is 2.29. The van der Waals surface area contributed by atoms with Gasteiger partial charge in [-0.15, -0.1) is 0 Å². The van der Waals surface area contributed by atoms with Gasteiger partial charge in [0, 0.05) is 11.3 Å². The quantitative estimate of drug-likeness (QED) is 0.511. The van der Waals surface area contributed by atoms with E-state index in [9.17, 15) is 35.3 Å². The molecule has 3 nitrogen and oxygen atoms in total. The van der Waals surface area contributed by atoms with Gasteiger partial charge < -0.3 is 9.11 Å². The zero-order valence-corrected chi connectivity index (χ0v) is 9.83. The first-order chi connectivity index (χ1) is 7.98. The maximum atomic E-state index is 13.2. The Balaban J connectivity index is 3.50. The fraction of sp³-hybridized carbons (Fsp3) is 0.333. The molecule has 0 atom stereocenters. The lowest BCUT2D eigenvalue weighted by atomic mass is 10.2. The van der Waals surface area contributed by atoms with Crippen LogP contribution in [0, 0.1) is 29.1 Å². The molecule has 0 aliphatic carbocycles. The maximum Gasteiger partial charge on any atom is 0.200 e. The van der Waals surface area contributed by atoms with E-state index in [4.69, 9.17) is 0 Å². The summed E-state index contributed by atoms with van der Waals surface area (Å²) in [6.07, 6.45) is 0. The molecule has 0 spiro atoms. The number of hydrogen-bond donors (Lipinski definition) is 2.